The maximum Gasteiger partial charge on any atom is 0.185 e. The van der Waals surface area contributed by atoms with Gasteiger partial charge in [0, 0.05) is 6.42 Å². The van der Waals surface area contributed by atoms with Crippen molar-refractivity contribution >= 4 is 29.6 Å². The van der Waals surface area contributed by atoms with E-state index < -0.39 is 0 Å². The zero-order valence-corrected chi connectivity index (χ0v) is 10.3. The highest BCUT2D eigenvalue weighted by molar-refractivity contribution is 8.00. The van der Waals surface area contributed by atoms with Gasteiger partial charge in [-0.1, -0.05) is 18.7 Å². The quantitative estimate of drug-likeness (QED) is 0.606. The zero-order valence-electron chi connectivity index (χ0n) is 8.67. The van der Waals surface area contributed by atoms with E-state index in [0.29, 0.717) is 17.8 Å². The molecule has 0 amide bonds. The van der Waals surface area contributed by atoms with Crippen LogP contribution in [-0.2, 0) is 12.2 Å². The van der Waals surface area contributed by atoms with Gasteiger partial charge < -0.3 is 4.42 Å². The van der Waals surface area contributed by atoms with E-state index in [1.807, 2.05) is 6.92 Å². The molecule has 0 saturated carbocycles. The fraction of sp³-hybridized carbons (Fsp3) is 0.300. The summed E-state index contributed by atoms with van der Waals surface area (Å²) in [7, 11) is 0. The van der Waals surface area contributed by atoms with E-state index in [1.54, 1.807) is 23.9 Å². The summed E-state index contributed by atoms with van der Waals surface area (Å²) in [5, 5.41) is 0. The first kappa shape index (κ1) is 11.3. The molecule has 0 aliphatic carbocycles. The fourth-order valence-electron chi connectivity index (χ4n) is 1.11. The van der Waals surface area contributed by atoms with Crippen LogP contribution in [0.5, 0.6) is 0 Å². The number of rotatable bonds is 5. The number of aromatic nitrogens is 2. The van der Waals surface area contributed by atoms with Gasteiger partial charge in [-0.3, -0.25) is 4.79 Å². The van der Waals surface area contributed by atoms with Crippen molar-refractivity contribution in [2.24, 2.45) is 0 Å². The van der Waals surface area contributed by atoms with Crippen LogP contribution in [0.25, 0.3) is 0 Å². The minimum atomic E-state index is 0.363. The Kier molecular flexibility index (Phi) is 3.74. The predicted octanol–water partition coefficient (Wildman–Crippen LogP) is 2.80. The molecule has 0 fully saturated rings. The third kappa shape index (κ3) is 2.70. The lowest BCUT2D eigenvalue weighted by Crippen LogP contribution is -1.81. The number of nitrogens with zero attached hydrogens (tertiary/aromatic N) is 2. The SMILES string of the molecule is CCc1nsc(SCc2ccc(C=O)o2)n1. The Morgan fingerprint density at radius 3 is 3.06 bits per heavy atom. The molecule has 2 heterocycles. The normalized spacial score (nSPS) is 10.6. The molecule has 0 N–H and O–H groups in total. The second kappa shape index (κ2) is 5.27. The van der Waals surface area contributed by atoms with Crippen molar-refractivity contribution in [1.82, 2.24) is 9.36 Å². The molecule has 6 heteroatoms. The summed E-state index contributed by atoms with van der Waals surface area (Å²) in [6.45, 7) is 2.03. The third-order valence-corrected chi connectivity index (χ3v) is 3.80. The van der Waals surface area contributed by atoms with Crippen molar-refractivity contribution < 1.29 is 9.21 Å². The summed E-state index contributed by atoms with van der Waals surface area (Å²) < 4.78 is 10.4. The highest BCUT2D eigenvalue weighted by Gasteiger charge is 2.06. The van der Waals surface area contributed by atoms with Crippen molar-refractivity contribution in [2.45, 2.75) is 23.4 Å². The molecule has 0 aliphatic rings. The van der Waals surface area contributed by atoms with E-state index in [4.69, 9.17) is 4.42 Å². The molecule has 0 bridgehead atoms. The van der Waals surface area contributed by atoms with Crippen molar-refractivity contribution in [3.63, 3.8) is 0 Å². The number of thioether (sulfide) groups is 1. The lowest BCUT2D eigenvalue weighted by molar-refractivity contribution is 0.109. The molecule has 0 aliphatic heterocycles. The van der Waals surface area contributed by atoms with Crippen LogP contribution in [0.2, 0.25) is 0 Å². The van der Waals surface area contributed by atoms with E-state index in [0.717, 1.165) is 22.3 Å². The summed E-state index contributed by atoms with van der Waals surface area (Å²) in [6.07, 6.45) is 1.56. The maximum absolute atomic E-state index is 10.4. The molecule has 2 rings (SSSR count). The number of hydrogen-bond donors (Lipinski definition) is 0. The Balaban J connectivity index is 1.93. The molecule has 0 spiro atoms. The monoisotopic (exact) mass is 254 g/mol. The van der Waals surface area contributed by atoms with E-state index in [1.165, 1.54) is 11.5 Å². The van der Waals surface area contributed by atoms with Crippen LogP contribution in [-0.4, -0.2) is 15.6 Å². The molecule has 0 atom stereocenters. The molecule has 16 heavy (non-hydrogen) atoms. The van der Waals surface area contributed by atoms with Crippen LogP contribution < -0.4 is 0 Å². The summed E-state index contributed by atoms with van der Waals surface area (Å²) in [4.78, 5) is 14.7. The van der Waals surface area contributed by atoms with Gasteiger partial charge in [-0.05, 0) is 23.7 Å². The minimum Gasteiger partial charge on any atom is -0.457 e. The molecule has 0 saturated heterocycles. The summed E-state index contributed by atoms with van der Waals surface area (Å²) in [5.41, 5.74) is 0. The fourth-order valence-corrected chi connectivity index (χ4v) is 2.70. The van der Waals surface area contributed by atoms with Crippen LogP contribution in [0.4, 0.5) is 0 Å². The molecular formula is C10H10N2O2S2. The van der Waals surface area contributed by atoms with E-state index >= 15 is 0 Å². The van der Waals surface area contributed by atoms with Crippen LogP contribution in [0.15, 0.2) is 20.9 Å². The average Bonchev–Trinajstić information content (AvgIpc) is 2.95. The number of aldehydes is 1. The Hall–Kier alpha value is -1.14. The Morgan fingerprint density at radius 2 is 2.44 bits per heavy atom. The standard InChI is InChI=1S/C10H10N2O2S2/c1-2-9-11-10(16-12-9)15-6-8-4-3-7(5-13)14-8/h3-5H,2,6H2,1H3. The Labute approximate surface area is 101 Å². The number of hydrogen-bond acceptors (Lipinski definition) is 6. The summed E-state index contributed by atoms with van der Waals surface area (Å²) >= 11 is 2.97. The topological polar surface area (TPSA) is 56.0 Å². The first-order chi connectivity index (χ1) is 7.81. The molecule has 2 aromatic heterocycles. The highest BCUT2D eigenvalue weighted by atomic mass is 32.2. The van der Waals surface area contributed by atoms with Crippen LogP contribution in [0.3, 0.4) is 0 Å². The molecule has 0 radical (unpaired) electrons. The first-order valence-corrected chi connectivity index (χ1v) is 6.57. The van der Waals surface area contributed by atoms with Crippen LogP contribution in [0, 0.1) is 0 Å². The molecule has 2 aromatic rings. The van der Waals surface area contributed by atoms with Gasteiger partial charge in [-0.2, -0.15) is 4.37 Å². The largest absolute Gasteiger partial charge is 0.457 e. The van der Waals surface area contributed by atoms with Gasteiger partial charge in [0.15, 0.2) is 16.4 Å². The molecular weight excluding hydrogens is 244 g/mol. The predicted molar refractivity (Wildman–Crippen MR) is 62.9 cm³/mol. The van der Waals surface area contributed by atoms with Gasteiger partial charge in [-0.15, -0.1) is 0 Å². The van der Waals surface area contributed by atoms with Gasteiger partial charge in [0.25, 0.3) is 0 Å². The van der Waals surface area contributed by atoms with Crippen molar-refractivity contribution in [3.8, 4) is 0 Å². The van der Waals surface area contributed by atoms with Gasteiger partial charge >= 0.3 is 0 Å². The van der Waals surface area contributed by atoms with E-state index in [9.17, 15) is 4.79 Å². The lowest BCUT2D eigenvalue weighted by Gasteiger charge is -1.92. The molecule has 84 valence electrons. The number of furan rings is 1. The highest BCUT2D eigenvalue weighted by Crippen LogP contribution is 2.25. The van der Waals surface area contributed by atoms with E-state index in [-0.39, 0.29) is 0 Å². The maximum atomic E-state index is 10.4. The lowest BCUT2D eigenvalue weighted by atomic mass is 10.4. The molecule has 0 unspecified atom stereocenters. The van der Waals surface area contributed by atoms with Gasteiger partial charge in [0.2, 0.25) is 0 Å². The minimum absolute atomic E-state index is 0.363. The third-order valence-electron chi connectivity index (χ3n) is 1.90. The second-order valence-electron chi connectivity index (χ2n) is 3.04. The smallest absolute Gasteiger partial charge is 0.185 e. The van der Waals surface area contributed by atoms with Crippen LogP contribution in [0.1, 0.15) is 29.1 Å². The summed E-state index contributed by atoms with van der Waals surface area (Å²) in [5.74, 6) is 2.69. The van der Waals surface area contributed by atoms with Gasteiger partial charge in [0.1, 0.15) is 11.6 Å². The van der Waals surface area contributed by atoms with Gasteiger partial charge in [-0.25, -0.2) is 4.98 Å². The molecule has 0 aromatic carbocycles. The van der Waals surface area contributed by atoms with E-state index in [2.05, 4.69) is 9.36 Å². The Bertz CT molecular complexity index is 479. The second-order valence-corrected chi connectivity index (χ2v) is 5.01. The average molecular weight is 254 g/mol. The van der Waals surface area contributed by atoms with Crippen molar-refractivity contribution in [1.29, 1.82) is 0 Å². The Morgan fingerprint density at radius 1 is 1.56 bits per heavy atom. The number of carbonyl (C=O) groups is 1. The first-order valence-electron chi connectivity index (χ1n) is 4.81. The van der Waals surface area contributed by atoms with Gasteiger partial charge in [0.05, 0.1) is 5.75 Å². The molecule has 4 nitrogen and oxygen atoms in total. The number of aryl methyl sites for hydroxylation is 1. The van der Waals surface area contributed by atoms with Crippen LogP contribution >= 0.6 is 23.3 Å². The zero-order chi connectivity index (χ0) is 11.4. The number of carbonyl (C=O) groups excluding carboxylic acids is 1. The van der Waals surface area contributed by atoms with Crippen molar-refractivity contribution in [3.05, 3.63) is 29.5 Å². The summed E-state index contributed by atoms with van der Waals surface area (Å²) in [6, 6.07) is 3.47. The van der Waals surface area contributed by atoms with Crippen molar-refractivity contribution in [2.75, 3.05) is 0 Å².